The predicted molar refractivity (Wildman–Crippen MR) is 116 cm³/mol. The van der Waals surface area contributed by atoms with Gasteiger partial charge in [0.2, 0.25) is 5.92 Å². The number of aliphatic carboxylic acids is 1. The van der Waals surface area contributed by atoms with Crippen LogP contribution in [-0.4, -0.2) is 55.8 Å². The van der Waals surface area contributed by atoms with E-state index in [0.29, 0.717) is 41.4 Å². The molecule has 12 heteroatoms. The fraction of sp³-hybridized carbons (Fsp3) is 0.591. The largest absolute Gasteiger partial charge is 0.489 e. The van der Waals surface area contributed by atoms with Crippen LogP contribution in [0.5, 0.6) is 5.75 Å². The number of hydrogen-bond acceptors (Lipinski definition) is 7. The smallest absolute Gasteiger partial charge is 0.407 e. The van der Waals surface area contributed by atoms with E-state index in [2.05, 4.69) is 20.6 Å². The molecule has 186 valence electrons. The number of carboxylic acids is 1. The number of carbonyl (C=O) groups is 2. The third kappa shape index (κ3) is 6.84. The van der Waals surface area contributed by atoms with Crippen LogP contribution in [0.25, 0.3) is 11.4 Å². The summed E-state index contributed by atoms with van der Waals surface area (Å²) in [5.74, 6) is -3.53. The number of alkyl halides is 2. The lowest BCUT2D eigenvalue weighted by molar-refractivity contribution is -0.143. The number of aryl methyl sites for hydroxylation is 2. The molecule has 2 atom stereocenters. The Kier molecular flexibility index (Phi) is 8.00. The third-order valence-corrected chi connectivity index (χ3v) is 5.67. The monoisotopic (exact) mass is 481 g/mol. The first kappa shape index (κ1) is 25.3. The summed E-state index contributed by atoms with van der Waals surface area (Å²) in [6.45, 7) is 2.15. The van der Waals surface area contributed by atoms with Crippen molar-refractivity contribution >= 4 is 12.1 Å². The maximum atomic E-state index is 12.8. The molecule has 0 aliphatic heterocycles. The summed E-state index contributed by atoms with van der Waals surface area (Å²) in [4.78, 5) is 27.7. The molecule has 34 heavy (non-hydrogen) atoms. The Balaban J connectivity index is 1.64. The molecule has 1 fully saturated rings. The summed E-state index contributed by atoms with van der Waals surface area (Å²) >= 11 is 0. The van der Waals surface area contributed by atoms with Gasteiger partial charge in [-0.1, -0.05) is 5.21 Å². The number of aromatic nitrogens is 4. The van der Waals surface area contributed by atoms with Crippen molar-refractivity contribution in [2.75, 3.05) is 6.61 Å². The molecule has 3 rings (SSSR count). The van der Waals surface area contributed by atoms with E-state index in [0.717, 1.165) is 19.8 Å². The van der Waals surface area contributed by atoms with Gasteiger partial charge in [0.15, 0.2) is 0 Å². The molecule has 1 aliphatic rings. The molecule has 0 saturated heterocycles. The maximum absolute atomic E-state index is 12.8. The highest BCUT2D eigenvalue weighted by atomic mass is 19.3. The van der Waals surface area contributed by atoms with Gasteiger partial charge in [-0.05, 0) is 51.7 Å². The summed E-state index contributed by atoms with van der Waals surface area (Å²) in [6.07, 6.45) is 1.14. The molecule has 0 bridgehead atoms. The maximum Gasteiger partial charge on any atom is 0.407 e. The topological polar surface area (TPSA) is 128 Å². The quantitative estimate of drug-likeness (QED) is 0.557. The van der Waals surface area contributed by atoms with Gasteiger partial charge in [-0.25, -0.2) is 23.2 Å². The molecular weight excluding hydrogens is 452 g/mol. The van der Waals surface area contributed by atoms with Crippen molar-refractivity contribution in [3.63, 3.8) is 0 Å². The molecule has 2 aromatic rings. The van der Waals surface area contributed by atoms with E-state index >= 15 is 0 Å². The van der Waals surface area contributed by atoms with Gasteiger partial charge in [0.05, 0.1) is 42.3 Å². The van der Waals surface area contributed by atoms with Gasteiger partial charge in [0.25, 0.3) is 0 Å². The first-order valence-corrected chi connectivity index (χ1v) is 11.1. The summed E-state index contributed by atoms with van der Waals surface area (Å²) in [6, 6.07) is 3.47. The minimum Gasteiger partial charge on any atom is -0.489 e. The number of amides is 1. The third-order valence-electron chi connectivity index (χ3n) is 5.67. The van der Waals surface area contributed by atoms with Crippen molar-refractivity contribution < 1.29 is 33.0 Å². The second-order valence-corrected chi connectivity index (χ2v) is 8.54. The van der Waals surface area contributed by atoms with Crippen LogP contribution in [0.15, 0.2) is 12.1 Å². The molecule has 0 radical (unpaired) electrons. The number of pyridine rings is 1. The lowest BCUT2D eigenvalue weighted by Gasteiger charge is -2.27. The van der Waals surface area contributed by atoms with Gasteiger partial charge in [-0.15, -0.1) is 5.10 Å². The van der Waals surface area contributed by atoms with E-state index < -0.39 is 36.9 Å². The van der Waals surface area contributed by atoms with Crippen LogP contribution in [0, 0.1) is 12.8 Å². The van der Waals surface area contributed by atoms with E-state index in [4.69, 9.17) is 9.47 Å². The van der Waals surface area contributed by atoms with Crippen molar-refractivity contribution in [2.45, 2.75) is 64.5 Å². The SMILES string of the molecule is Cc1nc(-c2nnn(C)c2CNC(=O)OCCC(C)(F)F)ccc1O[C@H]1CCC[C@H](C(=O)O)C1. The first-order chi connectivity index (χ1) is 16.0. The molecule has 1 aliphatic carbocycles. The van der Waals surface area contributed by atoms with Crippen molar-refractivity contribution in [2.24, 2.45) is 13.0 Å². The van der Waals surface area contributed by atoms with Gasteiger partial charge >= 0.3 is 12.1 Å². The summed E-state index contributed by atoms with van der Waals surface area (Å²) in [5, 5.41) is 19.9. The zero-order valence-electron chi connectivity index (χ0n) is 19.4. The van der Waals surface area contributed by atoms with Crippen LogP contribution in [0.1, 0.15) is 50.4 Å². The minimum absolute atomic E-state index is 0.0117. The number of rotatable bonds is 9. The lowest BCUT2D eigenvalue weighted by Crippen LogP contribution is -2.29. The van der Waals surface area contributed by atoms with E-state index in [9.17, 15) is 23.5 Å². The van der Waals surface area contributed by atoms with Gasteiger partial charge in [0.1, 0.15) is 11.4 Å². The Morgan fingerprint density at radius 2 is 2.09 bits per heavy atom. The van der Waals surface area contributed by atoms with Crippen molar-refractivity contribution in [3.8, 4) is 17.1 Å². The molecule has 1 saturated carbocycles. The molecular formula is C22H29F2N5O5. The number of nitrogens with one attached hydrogen (secondary N) is 1. The Hall–Kier alpha value is -3.31. The van der Waals surface area contributed by atoms with E-state index in [1.807, 2.05) is 0 Å². The first-order valence-electron chi connectivity index (χ1n) is 11.1. The summed E-state index contributed by atoms with van der Waals surface area (Å²) in [5.41, 5.74) is 2.12. The highest BCUT2D eigenvalue weighted by molar-refractivity contribution is 5.70. The lowest BCUT2D eigenvalue weighted by atomic mass is 9.87. The predicted octanol–water partition coefficient (Wildman–Crippen LogP) is 3.48. The highest BCUT2D eigenvalue weighted by Crippen LogP contribution is 2.30. The zero-order valence-corrected chi connectivity index (χ0v) is 19.4. The van der Waals surface area contributed by atoms with Crippen LogP contribution in [0.3, 0.4) is 0 Å². The number of carbonyl (C=O) groups excluding carboxylic acids is 1. The van der Waals surface area contributed by atoms with Crippen molar-refractivity contribution in [1.82, 2.24) is 25.3 Å². The number of halogens is 2. The average Bonchev–Trinajstić information content (AvgIpc) is 3.13. The van der Waals surface area contributed by atoms with Gasteiger partial charge < -0.3 is 19.9 Å². The Labute approximate surface area is 195 Å². The van der Waals surface area contributed by atoms with Crippen molar-refractivity contribution in [3.05, 3.63) is 23.5 Å². The molecule has 1 amide bonds. The Morgan fingerprint density at radius 1 is 1.32 bits per heavy atom. The van der Waals surface area contributed by atoms with Crippen molar-refractivity contribution in [1.29, 1.82) is 0 Å². The van der Waals surface area contributed by atoms with E-state index in [1.165, 1.54) is 4.68 Å². The number of carboxylic acid groups (broad SMARTS) is 1. The van der Waals surface area contributed by atoms with Crippen LogP contribution in [0.4, 0.5) is 13.6 Å². The number of alkyl carbamates (subject to hydrolysis) is 1. The molecule has 10 nitrogen and oxygen atoms in total. The molecule has 2 N–H and O–H groups in total. The van der Waals surface area contributed by atoms with Crippen LogP contribution in [0.2, 0.25) is 0 Å². The molecule has 2 heterocycles. The standard InChI is InChI=1S/C22H29F2N5O5/c1-13-18(34-15-6-4-5-14(11-15)20(30)31)8-7-16(26-13)19-17(29(3)28-27-19)12-25-21(32)33-10-9-22(2,23)24/h7-8,14-15H,4-6,9-12H2,1-3H3,(H,25,32)(H,30,31)/t14-,15-/m0/s1. The normalized spacial score (nSPS) is 18.4. The van der Waals surface area contributed by atoms with Crippen LogP contribution >= 0.6 is 0 Å². The van der Waals surface area contributed by atoms with Gasteiger partial charge in [-0.2, -0.15) is 0 Å². The summed E-state index contributed by atoms with van der Waals surface area (Å²) in [7, 11) is 1.66. The van der Waals surface area contributed by atoms with Gasteiger partial charge in [0, 0.05) is 13.5 Å². The number of ether oxygens (including phenoxy) is 2. The average molecular weight is 482 g/mol. The molecule has 2 aromatic heterocycles. The van der Waals surface area contributed by atoms with Crippen LogP contribution < -0.4 is 10.1 Å². The van der Waals surface area contributed by atoms with Gasteiger partial charge in [-0.3, -0.25) is 4.79 Å². The summed E-state index contributed by atoms with van der Waals surface area (Å²) < 4.78 is 38.0. The van der Waals surface area contributed by atoms with E-state index in [1.54, 1.807) is 26.1 Å². The van der Waals surface area contributed by atoms with E-state index in [-0.39, 0.29) is 12.6 Å². The minimum atomic E-state index is -2.91. The fourth-order valence-corrected chi connectivity index (χ4v) is 3.76. The highest BCUT2D eigenvalue weighted by Gasteiger charge is 2.28. The molecule has 0 aromatic carbocycles. The second-order valence-electron chi connectivity index (χ2n) is 8.54. The zero-order chi connectivity index (χ0) is 24.9. The fourth-order valence-electron chi connectivity index (χ4n) is 3.76. The molecule has 0 unspecified atom stereocenters. The Morgan fingerprint density at radius 3 is 2.76 bits per heavy atom. The number of hydrogen-bond donors (Lipinski definition) is 2. The molecule has 0 spiro atoms. The number of nitrogens with zero attached hydrogens (tertiary/aromatic N) is 4. The van der Waals surface area contributed by atoms with Crippen LogP contribution in [-0.2, 0) is 23.1 Å². The Bertz CT molecular complexity index is 1020. The second kappa shape index (κ2) is 10.7.